The number of fused-ring (bicyclic) bond motifs is 1. The van der Waals surface area contributed by atoms with E-state index in [0.29, 0.717) is 5.56 Å². The summed E-state index contributed by atoms with van der Waals surface area (Å²) in [6.45, 7) is 6.25. The van der Waals surface area contributed by atoms with Crippen LogP contribution in [0.1, 0.15) is 36.7 Å². The smallest absolute Gasteiger partial charge is 0.326 e. The highest BCUT2D eigenvalue weighted by atomic mass is 16.4. The number of carbonyl (C=O) groups is 2. The average Bonchev–Trinajstić information content (AvgIpc) is 2.80. The molecule has 108 valence electrons. The number of benzene rings is 1. The van der Waals surface area contributed by atoms with Gasteiger partial charge in [0, 0.05) is 17.8 Å². The van der Waals surface area contributed by atoms with Gasteiger partial charge in [-0.05, 0) is 35.6 Å². The van der Waals surface area contributed by atoms with Gasteiger partial charge in [0.25, 0.3) is 5.91 Å². The fourth-order valence-corrected chi connectivity index (χ4v) is 2.31. The van der Waals surface area contributed by atoms with Gasteiger partial charge in [0.2, 0.25) is 0 Å². The molecule has 0 bridgehead atoms. The predicted molar refractivity (Wildman–Crippen MR) is 77.0 cm³/mol. The van der Waals surface area contributed by atoms with Crippen molar-refractivity contribution >= 4 is 17.6 Å². The highest BCUT2D eigenvalue weighted by Gasteiger charge is 2.32. The van der Waals surface area contributed by atoms with Crippen LogP contribution < -0.4 is 10.6 Å². The SMILES string of the molecule is CC(C)(C)[C@@H](NC(=O)c1ccc2c(c1)CCN2)C(=O)O. The van der Waals surface area contributed by atoms with E-state index in [0.717, 1.165) is 24.2 Å². The summed E-state index contributed by atoms with van der Waals surface area (Å²) in [5.41, 5.74) is 2.11. The van der Waals surface area contributed by atoms with Crippen LogP contribution in [-0.4, -0.2) is 29.6 Å². The zero-order valence-electron chi connectivity index (χ0n) is 12.0. The summed E-state index contributed by atoms with van der Waals surface area (Å²) in [5, 5.41) is 15.1. The van der Waals surface area contributed by atoms with Gasteiger partial charge in [-0.15, -0.1) is 0 Å². The zero-order valence-corrected chi connectivity index (χ0v) is 12.0. The van der Waals surface area contributed by atoms with E-state index in [9.17, 15) is 14.7 Å². The molecule has 1 heterocycles. The fourth-order valence-electron chi connectivity index (χ4n) is 2.31. The van der Waals surface area contributed by atoms with E-state index in [4.69, 9.17) is 0 Å². The third-order valence-corrected chi connectivity index (χ3v) is 3.47. The van der Waals surface area contributed by atoms with Crippen molar-refractivity contribution in [3.05, 3.63) is 29.3 Å². The molecule has 1 amide bonds. The van der Waals surface area contributed by atoms with Crippen LogP contribution in [0.25, 0.3) is 0 Å². The first-order valence-electron chi connectivity index (χ1n) is 6.69. The van der Waals surface area contributed by atoms with Gasteiger partial charge in [-0.1, -0.05) is 20.8 Å². The average molecular weight is 276 g/mol. The number of rotatable bonds is 3. The second kappa shape index (κ2) is 5.15. The Balaban J connectivity index is 2.17. The van der Waals surface area contributed by atoms with Gasteiger partial charge in [-0.25, -0.2) is 4.79 Å². The summed E-state index contributed by atoms with van der Waals surface area (Å²) in [5.74, 6) is -1.37. The van der Waals surface area contributed by atoms with E-state index in [2.05, 4.69) is 10.6 Å². The Hall–Kier alpha value is -2.04. The van der Waals surface area contributed by atoms with Crippen molar-refractivity contribution in [3.63, 3.8) is 0 Å². The Morgan fingerprint density at radius 1 is 1.35 bits per heavy atom. The molecule has 0 aliphatic carbocycles. The first-order valence-corrected chi connectivity index (χ1v) is 6.69. The first-order chi connectivity index (χ1) is 9.29. The van der Waals surface area contributed by atoms with E-state index in [1.165, 1.54) is 0 Å². The van der Waals surface area contributed by atoms with Gasteiger partial charge in [-0.2, -0.15) is 0 Å². The molecule has 0 saturated heterocycles. The number of amides is 1. The van der Waals surface area contributed by atoms with Crippen molar-refractivity contribution in [2.75, 3.05) is 11.9 Å². The number of hydrogen-bond acceptors (Lipinski definition) is 3. The monoisotopic (exact) mass is 276 g/mol. The molecule has 0 spiro atoms. The molecular formula is C15H20N2O3. The van der Waals surface area contributed by atoms with Gasteiger partial charge in [-0.3, -0.25) is 4.79 Å². The lowest BCUT2D eigenvalue weighted by Gasteiger charge is -2.27. The quantitative estimate of drug-likeness (QED) is 0.787. The molecule has 0 fully saturated rings. The summed E-state index contributed by atoms with van der Waals surface area (Å²) in [4.78, 5) is 23.5. The maximum Gasteiger partial charge on any atom is 0.326 e. The van der Waals surface area contributed by atoms with E-state index < -0.39 is 17.4 Å². The molecule has 0 radical (unpaired) electrons. The van der Waals surface area contributed by atoms with E-state index in [-0.39, 0.29) is 5.91 Å². The number of aliphatic carboxylic acids is 1. The molecular weight excluding hydrogens is 256 g/mol. The minimum absolute atomic E-state index is 0.345. The molecule has 1 aromatic carbocycles. The van der Waals surface area contributed by atoms with Crippen molar-refractivity contribution in [3.8, 4) is 0 Å². The molecule has 0 unspecified atom stereocenters. The number of hydrogen-bond donors (Lipinski definition) is 3. The van der Waals surface area contributed by atoms with Crippen LogP contribution in [0.4, 0.5) is 5.69 Å². The number of carboxylic acids is 1. The molecule has 0 aromatic heterocycles. The van der Waals surface area contributed by atoms with Crippen LogP contribution in [0, 0.1) is 5.41 Å². The topological polar surface area (TPSA) is 78.4 Å². The number of anilines is 1. The van der Waals surface area contributed by atoms with Gasteiger partial charge in [0.05, 0.1) is 0 Å². The summed E-state index contributed by atoms with van der Waals surface area (Å²) in [6.07, 6.45) is 0.887. The minimum atomic E-state index is -1.02. The first kappa shape index (κ1) is 14.4. The maximum atomic E-state index is 12.2. The van der Waals surface area contributed by atoms with Crippen molar-refractivity contribution in [1.82, 2.24) is 5.32 Å². The molecule has 1 atom stereocenters. The molecule has 5 heteroatoms. The highest BCUT2D eigenvalue weighted by molar-refractivity contribution is 5.97. The lowest BCUT2D eigenvalue weighted by molar-refractivity contribution is -0.142. The number of carboxylic acid groups (broad SMARTS) is 1. The van der Waals surface area contributed by atoms with Crippen LogP contribution in [0.3, 0.4) is 0 Å². The second-order valence-corrected chi connectivity index (χ2v) is 6.16. The predicted octanol–water partition coefficient (Wildman–Crippen LogP) is 1.88. The van der Waals surface area contributed by atoms with E-state index in [1.807, 2.05) is 12.1 Å². The molecule has 1 aliphatic heterocycles. The molecule has 1 aromatic rings. The maximum absolute atomic E-state index is 12.2. The van der Waals surface area contributed by atoms with E-state index in [1.54, 1.807) is 26.8 Å². The van der Waals surface area contributed by atoms with E-state index >= 15 is 0 Å². The fraction of sp³-hybridized carbons (Fsp3) is 0.467. The molecule has 5 nitrogen and oxygen atoms in total. The van der Waals surface area contributed by atoms with Crippen LogP contribution in [0.5, 0.6) is 0 Å². The van der Waals surface area contributed by atoms with Crippen LogP contribution >= 0.6 is 0 Å². The summed E-state index contributed by atoms with van der Waals surface area (Å²) < 4.78 is 0. The van der Waals surface area contributed by atoms with Crippen molar-refractivity contribution in [2.24, 2.45) is 5.41 Å². The Bertz CT molecular complexity index is 547. The Morgan fingerprint density at radius 3 is 2.65 bits per heavy atom. The third kappa shape index (κ3) is 2.92. The standard InChI is InChI=1S/C15H20N2O3/c1-15(2,3)12(14(19)20)17-13(18)10-4-5-11-9(8-10)6-7-16-11/h4-5,8,12,16H,6-7H2,1-3H3,(H,17,18)(H,19,20)/t12-/m0/s1. The Morgan fingerprint density at radius 2 is 2.05 bits per heavy atom. The number of carbonyl (C=O) groups excluding carboxylic acids is 1. The molecule has 0 saturated carbocycles. The van der Waals surface area contributed by atoms with Gasteiger partial charge < -0.3 is 15.7 Å². The molecule has 3 N–H and O–H groups in total. The van der Waals surface area contributed by atoms with Crippen LogP contribution in [0.2, 0.25) is 0 Å². The van der Waals surface area contributed by atoms with Crippen molar-refractivity contribution in [1.29, 1.82) is 0 Å². The van der Waals surface area contributed by atoms with Gasteiger partial charge in [0.1, 0.15) is 6.04 Å². The lowest BCUT2D eigenvalue weighted by Crippen LogP contribution is -2.49. The normalized spacial score (nSPS) is 15.2. The van der Waals surface area contributed by atoms with Gasteiger partial charge in [0.15, 0.2) is 0 Å². The third-order valence-electron chi connectivity index (χ3n) is 3.47. The van der Waals surface area contributed by atoms with Gasteiger partial charge >= 0.3 is 5.97 Å². The summed E-state index contributed by atoms with van der Waals surface area (Å²) in [7, 11) is 0. The summed E-state index contributed by atoms with van der Waals surface area (Å²) in [6, 6.07) is 4.49. The zero-order chi connectivity index (χ0) is 14.9. The highest BCUT2D eigenvalue weighted by Crippen LogP contribution is 2.24. The molecule has 1 aliphatic rings. The second-order valence-electron chi connectivity index (χ2n) is 6.16. The molecule has 2 rings (SSSR count). The van der Waals surface area contributed by atoms with Crippen molar-refractivity contribution < 1.29 is 14.7 Å². The van der Waals surface area contributed by atoms with Crippen LogP contribution in [-0.2, 0) is 11.2 Å². The van der Waals surface area contributed by atoms with Crippen LogP contribution in [0.15, 0.2) is 18.2 Å². The van der Waals surface area contributed by atoms with Crippen molar-refractivity contribution in [2.45, 2.75) is 33.2 Å². The Kier molecular flexibility index (Phi) is 3.70. The lowest BCUT2D eigenvalue weighted by atomic mass is 9.86. The Labute approximate surface area is 118 Å². The largest absolute Gasteiger partial charge is 0.480 e. The molecule has 20 heavy (non-hydrogen) atoms. The minimum Gasteiger partial charge on any atom is -0.480 e. The summed E-state index contributed by atoms with van der Waals surface area (Å²) >= 11 is 0. The number of nitrogens with one attached hydrogen (secondary N) is 2.